The number of halogens is 1. The molecule has 0 aromatic carbocycles. The van der Waals surface area contributed by atoms with Gasteiger partial charge in [0.25, 0.3) is 0 Å². The Morgan fingerprint density at radius 1 is 1.15 bits per heavy atom. The molecule has 2 aromatic rings. The fourth-order valence-electron chi connectivity index (χ4n) is 4.68. The van der Waals surface area contributed by atoms with E-state index in [1.54, 1.807) is 15.2 Å². The van der Waals surface area contributed by atoms with E-state index in [1.165, 1.54) is 6.20 Å². The van der Waals surface area contributed by atoms with E-state index in [1.807, 2.05) is 13.2 Å². The lowest BCUT2D eigenvalue weighted by Crippen LogP contribution is -2.41. The number of aromatic nitrogens is 4. The van der Waals surface area contributed by atoms with Crippen molar-refractivity contribution in [3.05, 3.63) is 23.6 Å². The van der Waals surface area contributed by atoms with Gasteiger partial charge in [-0.1, -0.05) is 18.0 Å². The molecule has 2 N–H and O–H groups in total. The van der Waals surface area contributed by atoms with Gasteiger partial charge in [0.2, 0.25) is 16.0 Å². The van der Waals surface area contributed by atoms with Gasteiger partial charge in [0, 0.05) is 32.3 Å². The van der Waals surface area contributed by atoms with Crippen LogP contribution in [0.2, 0.25) is 5.02 Å². The number of ether oxygens (including phenoxy) is 2. The van der Waals surface area contributed by atoms with Crippen molar-refractivity contribution in [3.8, 4) is 0 Å². The second-order valence-corrected chi connectivity index (χ2v) is 11.2. The first-order chi connectivity index (χ1) is 15.9. The molecule has 3 saturated heterocycles. The van der Waals surface area contributed by atoms with Crippen LogP contribution in [-0.2, 0) is 26.5 Å². The molecule has 0 aliphatic carbocycles. The number of rotatable bonds is 7. The maximum atomic E-state index is 12.9. The highest BCUT2D eigenvalue weighted by Crippen LogP contribution is 2.35. The summed E-state index contributed by atoms with van der Waals surface area (Å²) in [6, 6.07) is -0.198. The van der Waals surface area contributed by atoms with Crippen molar-refractivity contribution in [3.63, 3.8) is 0 Å². The van der Waals surface area contributed by atoms with Crippen LogP contribution in [0.4, 0.5) is 17.5 Å². The molecular formula is C20H28ClN7O4S. The van der Waals surface area contributed by atoms with Gasteiger partial charge in [0.15, 0.2) is 5.82 Å². The van der Waals surface area contributed by atoms with Crippen LogP contribution in [0.15, 0.2) is 18.6 Å². The molecule has 3 aliphatic rings. The van der Waals surface area contributed by atoms with Gasteiger partial charge in [-0.3, -0.25) is 4.68 Å². The Morgan fingerprint density at radius 2 is 1.94 bits per heavy atom. The van der Waals surface area contributed by atoms with Crippen LogP contribution in [0, 0.1) is 5.92 Å². The van der Waals surface area contributed by atoms with Crippen molar-refractivity contribution in [2.75, 3.05) is 42.7 Å². The number of sulfonamides is 1. The smallest absolute Gasteiger partial charge is 0.229 e. The maximum absolute atomic E-state index is 12.9. The minimum atomic E-state index is -3.33. The summed E-state index contributed by atoms with van der Waals surface area (Å²) in [5.41, 5.74) is 0.756. The standard InChI is InChI=1S/C20H28ClN7O4S/c1-27-9-14(7-23-27)24-20-22-8-15(21)19(26-20)25-16-11-32-17-13(10-31-18(16)17)12-33(29,30)28-5-3-2-4-6-28/h7-9,13,16-18H,2-6,10-12H2,1H3,(H2,22,24,25,26)/t13-,16-,17?,18?/m1/s1. The SMILES string of the molecule is Cn1cc(Nc2ncc(Cl)c(N[C@@H]3COC4C3OC[C@@H]4CS(=O)(=O)N3CCCCC3)n2)cn1. The highest BCUT2D eigenvalue weighted by molar-refractivity contribution is 7.89. The Kier molecular flexibility index (Phi) is 6.45. The number of fused-ring (bicyclic) bond motifs is 1. The van der Waals surface area contributed by atoms with Crippen molar-refractivity contribution < 1.29 is 17.9 Å². The lowest BCUT2D eigenvalue weighted by atomic mass is 10.0. The Hall–Kier alpha value is -1.99. The number of nitrogens with zero attached hydrogens (tertiary/aromatic N) is 5. The molecule has 3 fully saturated rings. The summed E-state index contributed by atoms with van der Waals surface area (Å²) in [5, 5.41) is 10.9. The molecule has 11 nitrogen and oxygen atoms in total. The molecule has 0 bridgehead atoms. The molecular weight excluding hydrogens is 470 g/mol. The predicted molar refractivity (Wildman–Crippen MR) is 123 cm³/mol. The second-order valence-electron chi connectivity index (χ2n) is 8.76. The van der Waals surface area contributed by atoms with E-state index in [-0.39, 0.29) is 29.9 Å². The van der Waals surface area contributed by atoms with Crippen LogP contribution < -0.4 is 10.6 Å². The number of piperidine rings is 1. The lowest BCUT2D eigenvalue weighted by molar-refractivity contribution is 0.0655. The van der Waals surface area contributed by atoms with E-state index in [0.29, 0.717) is 43.1 Å². The molecule has 2 aromatic heterocycles. The number of nitrogens with one attached hydrogen (secondary N) is 2. The molecule has 5 heterocycles. The van der Waals surface area contributed by atoms with Crippen LogP contribution in [0.5, 0.6) is 0 Å². The Bertz CT molecular complexity index is 1090. The van der Waals surface area contributed by atoms with E-state index in [9.17, 15) is 8.42 Å². The summed E-state index contributed by atoms with van der Waals surface area (Å²) in [6.45, 7) is 1.94. The van der Waals surface area contributed by atoms with Crippen LogP contribution >= 0.6 is 11.6 Å². The van der Waals surface area contributed by atoms with Gasteiger partial charge in [-0.15, -0.1) is 0 Å². The number of anilines is 3. The zero-order valence-electron chi connectivity index (χ0n) is 18.4. The van der Waals surface area contributed by atoms with Crippen LogP contribution in [0.3, 0.4) is 0 Å². The van der Waals surface area contributed by atoms with Gasteiger partial charge in [-0.25, -0.2) is 17.7 Å². The van der Waals surface area contributed by atoms with Gasteiger partial charge in [0.05, 0.1) is 49.2 Å². The van der Waals surface area contributed by atoms with Gasteiger partial charge in [-0.2, -0.15) is 10.1 Å². The Labute approximate surface area is 197 Å². The highest BCUT2D eigenvalue weighted by atomic mass is 35.5. The third-order valence-corrected chi connectivity index (χ3v) is 8.59. The number of hydrogen-bond acceptors (Lipinski definition) is 9. The summed E-state index contributed by atoms with van der Waals surface area (Å²) in [7, 11) is -1.50. The molecule has 2 unspecified atom stereocenters. The van der Waals surface area contributed by atoms with Gasteiger partial charge in [-0.05, 0) is 12.8 Å². The minimum absolute atomic E-state index is 0.0499. The van der Waals surface area contributed by atoms with E-state index in [0.717, 1.165) is 24.9 Å². The molecule has 4 atom stereocenters. The van der Waals surface area contributed by atoms with Gasteiger partial charge < -0.3 is 20.1 Å². The van der Waals surface area contributed by atoms with Gasteiger partial charge in [0.1, 0.15) is 11.1 Å². The average Bonchev–Trinajstić information content (AvgIpc) is 3.50. The van der Waals surface area contributed by atoms with Crippen LogP contribution in [0.25, 0.3) is 0 Å². The van der Waals surface area contributed by atoms with E-state index in [4.69, 9.17) is 21.1 Å². The topological polar surface area (TPSA) is 123 Å². The first-order valence-electron chi connectivity index (χ1n) is 11.1. The molecule has 5 rings (SSSR count). The molecule has 13 heteroatoms. The minimum Gasteiger partial charge on any atom is -0.373 e. The third-order valence-electron chi connectivity index (χ3n) is 6.32. The summed E-state index contributed by atoms with van der Waals surface area (Å²) < 4.78 is 41.1. The van der Waals surface area contributed by atoms with Crippen molar-refractivity contribution >= 4 is 39.1 Å². The van der Waals surface area contributed by atoms with Crippen molar-refractivity contribution in [1.82, 2.24) is 24.1 Å². The monoisotopic (exact) mass is 497 g/mol. The Morgan fingerprint density at radius 3 is 2.70 bits per heavy atom. The van der Waals surface area contributed by atoms with Crippen molar-refractivity contribution in [2.24, 2.45) is 13.0 Å². The average molecular weight is 498 g/mol. The molecule has 0 radical (unpaired) electrons. The summed E-state index contributed by atoms with van der Waals surface area (Å²) in [6.07, 6.45) is 7.38. The molecule has 33 heavy (non-hydrogen) atoms. The molecule has 0 spiro atoms. The van der Waals surface area contributed by atoms with Crippen molar-refractivity contribution in [1.29, 1.82) is 0 Å². The largest absolute Gasteiger partial charge is 0.373 e. The molecule has 3 aliphatic heterocycles. The third kappa shape index (κ3) is 4.94. The fourth-order valence-corrected chi connectivity index (χ4v) is 6.68. The first kappa shape index (κ1) is 22.8. The van der Waals surface area contributed by atoms with E-state index < -0.39 is 10.0 Å². The quantitative estimate of drug-likeness (QED) is 0.587. The predicted octanol–water partition coefficient (Wildman–Crippen LogP) is 1.62. The second kappa shape index (κ2) is 9.34. The summed E-state index contributed by atoms with van der Waals surface area (Å²) >= 11 is 6.33. The normalized spacial score (nSPS) is 28.1. The highest BCUT2D eigenvalue weighted by Gasteiger charge is 2.49. The maximum Gasteiger partial charge on any atom is 0.229 e. The van der Waals surface area contributed by atoms with Crippen LogP contribution in [-0.4, -0.2) is 82.8 Å². The molecule has 0 amide bonds. The molecule has 0 saturated carbocycles. The summed E-state index contributed by atoms with van der Waals surface area (Å²) in [5.74, 6) is 0.690. The number of hydrogen-bond donors (Lipinski definition) is 2. The van der Waals surface area contributed by atoms with Crippen LogP contribution in [0.1, 0.15) is 19.3 Å². The van der Waals surface area contributed by atoms with Gasteiger partial charge >= 0.3 is 0 Å². The first-order valence-corrected chi connectivity index (χ1v) is 13.1. The van der Waals surface area contributed by atoms with E-state index >= 15 is 0 Å². The lowest BCUT2D eigenvalue weighted by Gasteiger charge is -2.27. The van der Waals surface area contributed by atoms with E-state index in [2.05, 4.69) is 25.7 Å². The summed E-state index contributed by atoms with van der Waals surface area (Å²) in [4.78, 5) is 8.69. The zero-order chi connectivity index (χ0) is 23.0. The fraction of sp³-hybridized carbons (Fsp3) is 0.650. The molecule has 180 valence electrons. The van der Waals surface area contributed by atoms with Crippen molar-refractivity contribution in [2.45, 2.75) is 37.5 Å². The number of aryl methyl sites for hydroxylation is 1. The zero-order valence-corrected chi connectivity index (χ0v) is 19.9. The Balaban J connectivity index is 1.23.